The molecule has 0 saturated heterocycles. The molecule has 0 atom stereocenters. The van der Waals surface area contributed by atoms with Gasteiger partial charge in [-0.1, -0.05) is 0 Å². The number of carbonyl (C=O) groups is 1. The van der Waals surface area contributed by atoms with Crippen LogP contribution in [0.4, 0.5) is 13.2 Å². The van der Waals surface area contributed by atoms with Crippen molar-refractivity contribution in [2.45, 2.75) is 13.5 Å². The van der Waals surface area contributed by atoms with E-state index in [1.807, 2.05) is 0 Å². The summed E-state index contributed by atoms with van der Waals surface area (Å²) in [5.74, 6) is -4.38. The molecule has 2 rings (SSSR count). The van der Waals surface area contributed by atoms with Crippen molar-refractivity contribution in [1.29, 1.82) is 0 Å². The van der Waals surface area contributed by atoms with Gasteiger partial charge in [-0.2, -0.15) is 0 Å². The lowest BCUT2D eigenvalue weighted by Crippen LogP contribution is -2.23. The lowest BCUT2D eigenvalue weighted by Gasteiger charge is -2.04. The third-order valence-corrected chi connectivity index (χ3v) is 2.32. The number of aromatic nitrogens is 1. The highest BCUT2D eigenvalue weighted by atomic mass is 19.2. The van der Waals surface area contributed by atoms with E-state index in [4.69, 9.17) is 4.42 Å². The maximum atomic E-state index is 12.9. The summed E-state index contributed by atoms with van der Waals surface area (Å²) >= 11 is 0. The molecule has 0 aliphatic carbocycles. The molecular weight excluding hydrogens is 261 g/mol. The Labute approximate surface area is 106 Å². The number of hydrogen-bond acceptors (Lipinski definition) is 3. The second-order valence-electron chi connectivity index (χ2n) is 3.80. The number of rotatable bonds is 3. The van der Waals surface area contributed by atoms with Crippen LogP contribution in [0.2, 0.25) is 0 Å². The summed E-state index contributed by atoms with van der Waals surface area (Å²) in [5.41, 5.74) is -0.320. The average molecular weight is 270 g/mol. The van der Waals surface area contributed by atoms with Crippen LogP contribution in [-0.2, 0) is 6.54 Å². The van der Waals surface area contributed by atoms with Crippen LogP contribution in [0, 0.1) is 24.4 Å². The molecule has 0 unspecified atom stereocenters. The SMILES string of the molecule is Cc1cnc(CNC(=O)c2cc(F)c(F)c(F)c2)o1. The van der Waals surface area contributed by atoms with Crippen LogP contribution in [0.3, 0.4) is 0 Å². The van der Waals surface area contributed by atoms with Crippen LogP contribution in [0.25, 0.3) is 0 Å². The Morgan fingerprint density at radius 1 is 1.32 bits per heavy atom. The summed E-state index contributed by atoms with van der Waals surface area (Å²) < 4.78 is 43.7. The molecule has 0 spiro atoms. The third kappa shape index (κ3) is 2.93. The summed E-state index contributed by atoms with van der Waals surface area (Å²) in [7, 11) is 0. The van der Waals surface area contributed by atoms with Gasteiger partial charge in [0.15, 0.2) is 17.5 Å². The fourth-order valence-electron chi connectivity index (χ4n) is 1.43. The van der Waals surface area contributed by atoms with Gasteiger partial charge in [-0.3, -0.25) is 4.79 Å². The van der Waals surface area contributed by atoms with E-state index in [2.05, 4.69) is 10.3 Å². The number of nitrogens with one attached hydrogen (secondary N) is 1. The topological polar surface area (TPSA) is 55.1 Å². The molecule has 0 aliphatic rings. The zero-order valence-electron chi connectivity index (χ0n) is 9.84. The van der Waals surface area contributed by atoms with Gasteiger partial charge in [0.1, 0.15) is 5.76 Å². The van der Waals surface area contributed by atoms with E-state index >= 15 is 0 Å². The zero-order chi connectivity index (χ0) is 14.0. The number of amides is 1. The van der Waals surface area contributed by atoms with Gasteiger partial charge in [0, 0.05) is 5.56 Å². The van der Waals surface area contributed by atoms with E-state index in [0.717, 1.165) is 0 Å². The van der Waals surface area contributed by atoms with E-state index < -0.39 is 23.4 Å². The summed E-state index contributed by atoms with van der Waals surface area (Å²) in [6, 6.07) is 1.24. The molecule has 4 nitrogen and oxygen atoms in total. The first kappa shape index (κ1) is 13.1. The highest BCUT2D eigenvalue weighted by molar-refractivity contribution is 5.94. The van der Waals surface area contributed by atoms with Gasteiger partial charge in [0.25, 0.3) is 5.91 Å². The van der Waals surface area contributed by atoms with E-state index in [9.17, 15) is 18.0 Å². The summed E-state index contributed by atoms with van der Waals surface area (Å²) in [4.78, 5) is 15.4. The van der Waals surface area contributed by atoms with E-state index in [1.165, 1.54) is 6.20 Å². The average Bonchev–Trinajstić information content (AvgIpc) is 2.78. The van der Waals surface area contributed by atoms with Gasteiger partial charge in [-0.05, 0) is 19.1 Å². The normalized spacial score (nSPS) is 10.5. The van der Waals surface area contributed by atoms with Gasteiger partial charge >= 0.3 is 0 Å². The first-order valence-corrected chi connectivity index (χ1v) is 5.31. The van der Waals surface area contributed by atoms with Crippen molar-refractivity contribution >= 4 is 5.91 Å². The summed E-state index contributed by atoms with van der Waals surface area (Å²) in [5, 5.41) is 2.35. The van der Waals surface area contributed by atoms with Crippen molar-refractivity contribution in [3.8, 4) is 0 Å². The lowest BCUT2D eigenvalue weighted by molar-refractivity contribution is 0.0946. The van der Waals surface area contributed by atoms with Gasteiger partial charge in [-0.15, -0.1) is 0 Å². The Bertz CT molecular complexity index is 602. The molecule has 0 bridgehead atoms. The fraction of sp³-hybridized carbons (Fsp3) is 0.167. The molecule has 0 aliphatic heterocycles. The third-order valence-electron chi connectivity index (χ3n) is 2.32. The molecule has 0 saturated carbocycles. The Morgan fingerprint density at radius 3 is 2.47 bits per heavy atom. The number of benzene rings is 1. The van der Waals surface area contributed by atoms with Crippen molar-refractivity contribution in [3.05, 3.63) is 53.0 Å². The minimum absolute atomic E-state index is 0.0344. The smallest absolute Gasteiger partial charge is 0.251 e. The molecule has 1 aromatic carbocycles. The molecule has 1 N–H and O–H groups in total. The highest BCUT2D eigenvalue weighted by Crippen LogP contribution is 2.13. The Kier molecular flexibility index (Phi) is 3.55. The molecule has 2 aromatic rings. The number of hydrogen-bond donors (Lipinski definition) is 1. The van der Waals surface area contributed by atoms with Crippen molar-refractivity contribution in [2.24, 2.45) is 0 Å². The molecule has 100 valence electrons. The molecule has 1 amide bonds. The standard InChI is InChI=1S/C12H9F3N2O2/c1-6-4-16-10(19-6)5-17-12(18)7-2-8(13)11(15)9(14)3-7/h2-4H,5H2,1H3,(H,17,18). The maximum absolute atomic E-state index is 12.9. The zero-order valence-corrected chi connectivity index (χ0v) is 9.84. The van der Waals surface area contributed by atoms with Gasteiger partial charge < -0.3 is 9.73 Å². The van der Waals surface area contributed by atoms with Crippen molar-refractivity contribution < 1.29 is 22.4 Å². The van der Waals surface area contributed by atoms with Gasteiger partial charge in [0.2, 0.25) is 5.89 Å². The fourth-order valence-corrected chi connectivity index (χ4v) is 1.43. The monoisotopic (exact) mass is 270 g/mol. The molecule has 1 heterocycles. The first-order valence-electron chi connectivity index (χ1n) is 5.31. The van der Waals surface area contributed by atoms with Crippen LogP contribution in [0.15, 0.2) is 22.7 Å². The van der Waals surface area contributed by atoms with Crippen LogP contribution in [-0.4, -0.2) is 10.9 Å². The van der Waals surface area contributed by atoms with E-state index in [0.29, 0.717) is 17.9 Å². The van der Waals surface area contributed by atoms with Crippen molar-refractivity contribution in [3.63, 3.8) is 0 Å². The minimum Gasteiger partial charge on any atom is -0.444 e. The quantitative estimate of drug-likeness (QED) is 0.871. The minimum atomic E-state index is -1.61. The van der Waals surface area contributed by atoms with Crippen LogP contribution >= 0.6 is 0 Å². The Hall–Kier alpha value is -2.31. The van der Waals surface area contributed by atoms with Crippen LogP contribution in [0.1, 0.15) is 22.0 Å². The summed E-state index contributed by atoms with van der Waals surface area (Å²) in [6.07, 6.45) is 1.47. The molecule has 0 radical (unpaired) electrons. The molecular formula is C12H9F3N2O2. The maximum Gasteiger partial charge on any atom is 0.251 e. The van der Waals surface area contributed by atoms with Crippen molar-refractivity contribution in [2.75, 3.05) is 0 Å². The van der Waals surface area contributed by atoms with Crippen molar-refractivity contribution in [1.82, 2.24) is 10.3 Å². The number of carbonyl (C=O) groups excluding carboxylic acids is 1. The number of oxazole rings is 1. The first-order chi connectivity index (χ1) is 8.97. The Balaban J connectivity index is 2.08. The highest BCUT2D eigenvalue weighted by Gasteiger charge is 2.15. The largest absolute Gasteiger partial charge is 0.444 e. The van der Waals surface area contributed by atoms with E-state index in [-0.39, 0.29) is 18.0 Å². The molecule has 7 heteroatoms. The number of aryl methyl sites for hydroxylation is 1. The second kappa shape index (κ2) is 5.13. The second-order valence-corrected chi connectivity index (χ2v) is 3.80. The lowest BCUT2D eigenvalue weighted by atomic mass is 10.2. The molecule has 0 fully saturated rings. The van der Waals surface area contributed by atoms with Gasteiger partial charge in [-0.25, -0.2) is 18.2 Å². The van der Waals surface area contributed by atoms with Crippen LogP contribution < -0.4 is 5.32 Å². The molecule has 1 aromatic heterocycles. The predicted octanol–water partition coefficient (Wildman–Crippen LogP) is 2.33. The number of halogens is 3. The summed E-state index contributed by atoms with van der Waals surface area (Å²) in [6.45, 7) is 1.65. The van der Waals surface area contributed by atoms with E-state index in [1.54, 1.807) is 6.92 Å². The molecule has 19 heavy (non-hydrogen) atoms. The van der Waals surface area contributed by atoms with Crippen LogP contribution in [0.5, 0.6) is 0 Å². The predicted molar refractivity (Wildman–Crippen MR) is 58.7 cm³/mol. The number of nitrogens with zero attached hydrogens (tertiary/aromatic N) is 1. The van der Waals surface area contributed by atoms with Gasteiger partial charge in [0.05, 0.1) is 12.7 Å². The Morgan fingerprint density at radius 2 is 1.95 bits per heavy atom.